The summed E-state index contributed by atoms with van der Waals surface area (Å²) >= 11 is 0. The van der Waals surface area contributed by atoms with Crippen molar-refractivity contribution in [3.8, 4) is 0 Å². The van der Waals surface area contributed by atoms with E-state index in [4.69, 9.17) is 0 Å². The summed E-state index contributed by atoms with van der Waals surface area (Å²) in [6.45, 7) is 0. The molecule has 0 bridgehead atoms. The highest BCUT2D eigenvalue weighted by Gasteiger charge is 2.27. The van der Waals surface area contributed by atoms with Gasteiger partial charge in [0.1, 0.15) is 5.75 Å². The second-order valence-electron chi connectivity index (χ2n) is 4.54. The van der Waals surface area contributed by atoms with Crippen LogP contribution in [-0.4, -0.2) is 46.1 Å². The average Bonchev–Trinajstić information content (AvgIpc) is 2.73. The van der Waals surface area contributed by atoms with E-state index in [1.165, 1.54) is 7.11 Å². The zero-order chi connectivity index (χ0) is 12.9. The molecule has 1 rings (SSSR count). The Labute approximate surface area is 103 Å². The summed E-state index contributed by atoms with van der Waals surface area (Å²) in [5.74, 6) is -0.695. The van der Waals surface area contributed by atoms with Gasteiger partial charge < -0.3 is 10.1 Å². The van der Waals surface area contributed by atoms with Gasteiger partial charge in [0.15, 0.2) is 9.84 Å². The zero-order valence-corrected chi connectivity index (χ0v) is 11.3. The van der Waals surface area contributed by atoms with Crippen LogP contribution in [-0.2, 0) is 19.4 Å². The Bertz CT molecular complexity index is 352. The summed E-state index contributed by atoms with van der Waals surface area (Å²) in [5.41, 5.74) is 0. The number of methoxy groups -OCH3 is 1. The van der Waals surface area contributed by atoms with Gasteiger partial charge in [-0.15, -0.1) is 0 Å². The molecule has 0 amide bonds. The third-order valence-corrected chi connectivity index (χ3v) is 4.93. The second-order valence-corrected chi connectivity index (χ2v) is 6.73. The van der Waals surface area contributed by atoms with Crippen LogP contribution in [0.3, 0.4) is 0 Å². The minimum absolute atomic E-state index is 0.0744. The number of carbonyl (C=O) groups excluding carboxylic acids is 1. The maximum Gasteiger partial charge on any atom is 0.320 e. The largest absolute Gasteiger partial charge is 0.468 e. The molecule has 100 valence electrons. The van der Waals surface area contributed by atoms with Gasteiger partial charge in [-0.05, 0) is 32.2 Å². The molecule has 2 atom stereocenters. The van der Waals surface area contributed by atoms with E-state index >= 15 is 0 Å². The van der Waals surface area contributed by atoms with Crippen LogP contribution in [0.1, 0.15) is 25.7 Å². The van der Waals surface area contributed by atoms with Crippen LogP contribution >= 0.6 is 0 Å². The second kappa shape index (κ2) is 6.35. The van der Waals surface area contributed by atoms with Gasteiger partial charge in [-0.1, -0.05) is 6.42 Å². The lowest BCUT2D eigenvalue weighted by atomic mass is 10.0. The summed E-state index contributed by atoms with van der Waals surface area (Å²) in [5, 5.41) is 3.22. The Morgan fingerprint density at radius 1 is 1.41 bits per heavy atom. The molecule has 0 radical (unpaired) electrons. The standard InChI is InChI=1S/C11H21NO4S/c1-12-10-5-3-4-9(10)6-7-17(14,15)8-11(13)16-2/h9-10,12H,3-8H2,1-2H3. The minimum atomic E-state index is -3.31. The van der Waals surface area contributed by atoms with Gasteiger partial charge in [0.2, 0.25) is 0 Å². The Morgan fingerprint density at radius 3 is 2.71 bits per heavy atom. The fourth-order valence-corrected chi connectivity index (χ4v) is 3.69. The van der Waals surface area contributed by atoms with Gasteiger partial charge in [-0.3, -0.25) is 4.79 Å². The number of nitrogens with one attached hydrogen (secondary N) is 1. The summed E-state index contributed by atoms with van der Waals surface area (Å²) < 4.78 is 27.6. The molecular weight excluding hydrogens is 242 g/mol. The molecule has 1 fully saturated rings. The highest BCUT2D eigenvalue weighted by molar-refractivity contribution is 7.92. The molecule has 0 aliphatic heterocycles. The number of hydrogen-bond acceptors (Lipinski definition) is 5. The van der Waals surface area contributed by atoms with E-state index in [0.717, 1.165) is 19.3 Å². The van der Waals surface area contributed by atoms with Gasteiger partial charge in [0, 0.05) is 6.04 Å². The molecule has 1 aliphatic rings. The van der Waals surface area contributed by atoms with Crippen molar-refractivity contribution in [2.24, 2.45) is 5.92 Å². The first-order chi connectivity index (χ1) is 7.98. The van der Waals surface area contributed by atoms with Crippen LogP contribution in [0.4, 0.5) is 0 Å². The molecule has 5 nitrogen and oxygen atoms in total. The SMILES string of the molecule is CNC1CCCC1CCS(=O)(=O)CC(=O)OC. The molecule has 0 aromatic heterocycles. The van der Waals surface area contributed by atoms with Crippen molar-refractivity contribution in [3.63, 3.8) is 0 Å². The Hall–Kier alpha value is -0.620. The van der Waals surface area contributed by atoms with E-state index in [1.54, 1.807) is 0 Å². The smallest absolute Gasteiger partial charge is 0.320 e. The highest BCUT2D eigenvalue weighted by atomic mass is 32.2. The maximum absolute atomic E-state index is 11.6. The third-order valence-electron chi connectivity index (χ3n) is 3.39. The molecule has 0 aromatic rings. The summed E-state index contributed by atoms with van der Waals surface area (Å²) in [4.78, 5) is 10.9. The lowest BCUT2D eigenvalue weighted by Gasteiger charge is -2.18. The van der Waals surface area contributed by atoms with Crippen molar-refractivity contribution >= 4 is 15.8 Å². The van der Waals surface area contributed by atoms with E-state index in [2.05, 4.69) is 10.1 Å². The number of rotatable bonds is 6. The fourth-order valence-electron chi connectivity index (χ4n) is 2.40. The molecule has 1 aliphatic carbocycles. The van der Waals surface area contributed by atoms with E-state index in [1.807, 2.05) is 7.05 Å². The number of hydrogen-bond donors (Lipinski definition) is 1. The third kappa shape index (κ3) is 4.63. The Balaban J connectivity index is 2.41. The summed E-state index contributed by atoms with van der Waals surface area (Å²) in [6.07, 6.45) is 3.95. The Kier molecular flexibility index (Phi) is 5.39. The molecule has 6 heteroatoms. The molecule has 0 spiro atoms. The van der Waals surface area contributed by atoms with E-state index in [0.29, 0.717) is 18.4 Å². The van der Waals surface area contributed by atoms with E-state index in [-0.39, 0.29) is 5.75 Å². The van der Waals surface area contributed by atoms with Crippen molar-refractivity contribution in [1.29, 1.82) is 0 Å². The van der Waals surface area contributed by atoms with Crippen LogP contribution < -0.4 is 5.32 Å². The lowest BCUT2D eigenvalue weighted by molar-refractivity contribution is -0.137. The molecule has 2 unspecified atom stereocenters. The molecule has 1 N–H and O–H groups in total. The van der Waals surface area contributed by atoms with Crippen LogP contribution in [0.15, 0.2) is 0 Å². The predicted octanol–water partition coefficient (Wildman–Crippen LogP) is 0.352. The first kappa shape index (κ1) is 14.4. The zero-order valence-electron chi connectivity index (χ0n) is 10.4. The monoisotopic (exact) mass is 263 g/mol. The topological polar surface area (TPSA) is 72.5 Å². The predicted molar refractivity (Wildman–Crippen MR) is 65.5 cm³/mol. The molecule has 1 saturated carbocycles. The number of sulfone groups is 1. The van der Waals surface area contributed by atoms with Crippen molar-refractivity contribution in [1.82, 2.24) is 5.32 Å². The van der Waals surface area contributed by atoms with Crippen LogP contribution in [0.5, 0.6) is 0 Å². The van der Waals surface area contributed by atoms with E-state index in [9.17, 15) is 13.2 Å². The number of esters is 1. The van der Waals surface area contributed by atoms with Gasteiger partial charge in [0.25, 0.3) is 0 Å². The van der Waals surface area contributed by atoms with Crippen LogP contribution in [0.2, 0.25) is 0 Å². The first-order valence-electron chi connectivity index (χ1n) is 5.93. The normalized spacial score (nSPS) is 24.8. The molecule has 0 saturated heterocycles. The van der Waals surface area contributed by atoms with Crippen molar-refractivity contribution in [2.45, 2.75) is 31.7 Å². The molecule has 17 heavy (non-hydrogen) atoms. The molecule has 0 aromatic carbocycles. The number of ether oxygens (including phenoxy) is 1. The summed E-state index contributed by atoms with van der Waals surface area (Å²) in [7, 11) is -0.205. The molecule has 0 heterocycles. The van der Waals surface area contributed by atoms with Gasteiger partial charge in [-0.25, -0.2) is 8.42 Å². The van der Waals surface area contributed by atoms with Gasteiger partial charge in [0.05, 0.1) is 12.9 Å². The van der Waals surface area contributed by atoms with Crippen molar-refractivity contribution in [3.05, 3.63) is 0 Å². The quantitative estimate of drug-likeness (QED) is 0.700. The van der Waals surface area contributed by atoms with E-state index < -0.39 is 21.6 Å². The summed E-state index contributed by atoms with van der Waals surface area (Å²) in [6, 6.07) is 0.420. The first-order valence-corrected chi connectivity index (χ1v) is 7.75. The fraction of sp³-hybridized carbons (Fsp3) is 0.909. The van der Waals surface area contributed by atoms with Crippen LogP contribution in [0, 0.1) is 5.92 Å². The highest BCUT2D eigenvalue weighted by Crippen LogP contribution is 2.28. The van der Waals surface area contributed by atoms with Crippen molar-refractivity contribution < 1.29 is 17.9 Å². The lowest BCUT2D eigenvalue weighted by Crippen LogP contribution is -2.30. The Morgan fingerprint density at radius 2 is 2.12 bits per heavy atom. The van der Waals surface area contributed by atoms with Gasteiger partial charge in [-0.2, -0.15) is 0 Å². The molecular formula is C11H21NO4S. The van der Waals surface area contributed by atoms with Crippen LogP contribution in [0.25, 0.3) is 0 Å². The van der Waals surface area contributed by atoms with Crippen molar-refractivity contribution in [2.75, 3.05) is 25.7 Å². The maximum atomic E-state index is 11.6. The number of carbonyl (C=O) groups is 1. The average molecular weight is 263 g/mol. The van der Waals surface area contributed by atoms with Gasteiger partial charge >= 0.3 is 5.97 Å². The minimum Gasteiger partial charge on any atom is -0.468 e.